The van der Waals surface area contributed by atoms with E-state index < -0.39 is 12.0 Å². The lowest BCUT2D eigenvalue weighted by Crippen LogP contribution is -2.37. The summed E-state index contributed by atoms with van der Waals surface area (Å²) in [4.78, 5) is 25.0. The number of benzene rings is 1. The number of carbonyl (C=O) groups excluding carboxylic acids is 1. The zero-order chi connectivity index (χ0) is 15.6. The zero-order valence-electron chi connectivity index (χ0n) is 11.4. The first kappa shape index (κ1) is 16.1. The minimum atomic E-state index is -0.947. The third kappa shape index (κ3) is 3.67. The smallest absolute Gasteiger partial charge is 0.305 e. The summed E-state index contributed by atoms with van der Waals surface area (Å²) in [5.74, 6) is -1.25. The van der Waals surface area contributed by atoms with Crippen molar-refractivity contribution in [3.8, 4) is 0 Å². The van der Waals surface area contributed by atoms with Gasteiger partial charge in [-0.3, -0.25) is 9.59 Å². The van der Waals surface area contributed by atoms with Crippen molar-refractivity contribution in [1.29, 1.82) is 0 Å². The van der Waals surface area contributed by atoms with Gasteiger partial charge >= 0.3 is 5.97 Å². The van der Waals surface area contributed by atoms with E-state index in [0.29, 0.717) is 23.6 Å². The zero-order valence-corrected chi connectivity index (χ0v) is 12.9. The Morgan fingerprint density at radius 2 is 2.14 bits per heavy atom. The summed E-state index contributed by atoms with van der Waals surface area (Å²) in [6.07, 6.45) is 0.223. The molecular formula is C14H15Cl2NO4. The first-order chi connectivity index (χ1) is 9.92. The number of amides is 1. The molecule has 2 atom stereocenters. The monoisotopic (exact) mass is 331 g/mol. The van der Waals surface area contributed by atoms with Gasteiger partial charge in [-0.15, -0.1) is 0 Å². The maximum Gasteiger partial charge on any atom is 0.305 e. The number of rotatable bonds is 4. The van der Waals surface area contributed by atoms with Gasteiger partial charge in [0.05, 0.1) is 23.1 Å². The first-order valence-electron chi connectivity index (χ1n) is 6.43. The van der Waals surface area contributed by atoms with Crippen LogP contribution in [0, 0.1) is 0 Å². The van der Waals surface area contributed by atoms with Crippen LogP contribution in [-0.4, -0.2) is 47.7 Å². The van der Waals surface area contributed by atoms with Crippen molar-refractivity contribution in [3.63, 3.8) is 0 Å². The predicted octanol–water partition coefficient (Wildman–Crippen LogP) is 2.70. The Bertz CT molecular complexity index is 564. The van der Waals surface area contributed by atoms with Gasteiger partial charge in [-0.1, -0.05) is 23.2 Å². The van der Waals surface area contributed by atoms with Crippen LogP contribution in [0.3, 0.4) is 0 Å². The Morgan fingerprint density at radius 1 is 1.43 bits per heavy atom. The molecule has 2 unspecified atom stereocenters. The van der Waals surface area contributed by atoms with Crippen LogP contribution in [0.4, 0.5) is 0 Å². The van der Waals surface area contributed by atoms with Gasteiger partial charge in [0.15, 0.2) is 0 Å². The summed E-state index contributed by atoms with van der Waals surface area (Å²) in [6, 6.07) is 4.22. The average Bonchev–Trinajstić information content (AvgIpc) is 2.80. The summed E-state index contributed by atoms with van der Waals surface area (Å²) in [7, 11) is 1.55. The summed E-state index contributed by atoms with van der Waals surface area (Å²) < 4.78 is 5.25. The molecule has 5 nitrogen and oxygen atoms in total. The number of hydrogen-bond acceptors (Lipinski definition) is 3. The second kappa shape index (κ2) is 6.64. The number of carboxylic acid groups (broad SMARTS) is 1. The quantitative estimate of drug-likeness (QED) is 0.921. The number of nitrogens with zero attached hydrogens (tertiary/aromatic N) is 1. The number of hydrogen-bond donors (Lipinski definition) is 1. The van der Waals surface area contributed by atoms with E-state index in [1.54, 1.807) is 19.2 Å². The first-order valence-corrected chi connectivity index (χ1v) is 7.18. The van der Waals surface area contributed by atoms with Gasteiger partial charge in [0, 0.05) is 24.7 Å². The van der Waals surface area contributed by atoms with Gasteiger partial charge < -0.3 is 14.7 Å². The maximum atomic E-state index is 12.6. The second-order valence-electron chi connectivity index (χ2n) is 4.93. The summed E-state index contributed by atoms with van der Waals surface area (Å²) in [5, 5.41) is 9.66. The van der Waals surface area contributed by atoms with Crippen LogP contribution in [0.5, 0.6) is 0 Å². The van der Waals surface area contributed by atoms with Crippen molar-refractivity contribution in [2.45, 2.75) is 25.0 Å². The van der Waals surface area contributed by atoms with Crippen LogP contribution in [0.15, 0.2) is 18.2 Å². The topological polar surface area (TPSA) is 66.8 Å². The molecule has 2 rings (SSSR count). The van der Waals surface area contributed by atoms with E-state index in [2.05, 4.69) is 0 Å². The molecule has 1 fully saturated rings. The fourth-order valence-electron chi connectivity index (χ4n) is 2.51. The number of halogens is 2. The lowest BCUT2D eigenvalue weighted by molar-refractivity contribution is -0.137. The Balaban J connectivity index is 2.24. The Kier molecular flexibility index (Phi) is 5.08. The average molecular weight is 332 g/mol. The van der Waals surface area contributed by atoms with E-state index in [1.165, 1.54) is 11.0 Å². The van der Waals surface area contributed by atoms with Crippen LogP contribution < -0.4 is 0 Å². The third-order valence-corrected chi connectivity index (χ3v) is 4.09. The van der Waals surface area contributed by atoms with Crippen LogP contribution in [-0.2, 0) is 9.53 Å². The normalized spacial score (nSPS) is 21.6. The van der Waals surface area contributed by atoms with Crippen LogP contribution in [0.1, 0.15) is 23.2 Å². The maximum absolute atomic E-state index is 12.6. The van der Waals surface area contributed by atoms with Crippen LogP contribution in [0.25, 0.3) is 0 Å². The molecule has 7 heteroatoms. The molecule has 0 spiro atoms. The number of carboxylic acids is 1. The van der Waals surface area contributed by atoms with E-state index >= 15 is 0 Å². The molecule has 114 valence electrons. The van der Waals surface area contributed by atoms with Crippen LogP contribution >= 0.6 is 23.2 Å². The molecule has 1 aliphatic heterocycles. The molecule has 0 saturated carbocycles. The highest BCUT2D eigenvalue weighted by Gasteiger charge is 2.37. The number of ether oxygens (including phenoxy) is 1. The van der Waals surface area contributed by atoms with Crippen molar-refractivity contribution in [2.75, 3.05) is 13.7 Å². The molecular weight excluding hydrogens is 317 g/mol. The molecule has 1 heterocycles. The Morgan fingerprint density at radius 3 is 2.71 bits per heavy atom. The van der Waals surface area contributed by atoms with E-state index in [0.717, 1.165) is 0 Å². The van der Waals surface area contributed by atoms with Crippen molar-refractivity contribution < 1.29 is 19.4 Å². The van der Waals surface area contributed by atoms with Gasteiger partial charge in [-0.2, -0.15) is 0 Å². The van der Waals surface area contributed by atoms with Gasteiger partial charge in [-0.05, 0) is 24.6 Å². The van der Waals surface area contributed by atoms with E-state index in [-0.39, 0.29) is 23.5 Å². The highest BCUT2D eigenvalue weighted by atomic mass is 35.5. The van der Waals surface area contributed by atoms with E-state index in [1.807, 2.05) is 0 Å². The van der Waals surface area contributed by atoms with Gasteiger partial charge in [-0.25, -0.2) is 0 Å². The molecule has 21 heavy (non-hydrogen) atoms. The predicted molar refractivity (Wildman–Crippen MR) is 79.0 cm³/mol. The van der Waals surface area contributed by atoms with Crippen molar-refractivity contribution >= 4 is 35.1 Å². The lowest BCUT2D eigenvalue weighted by Gasteiger charge is -2.23. The second-order valence-corrected chi connectivity index (χ2v) is 5.77. The minimum Gasteiger partial charge on any atom is -0.481 e. The summed E-state index contributed by atoms with van der Waals surface area (Å²) in [6.45, 7) is 0.353. The van der Waals surface area contributed by atoms with Gasteiger partial charge in [0.25, 0.3) is 5.91 Å². The van der Waals surface area contributed by atoms with Gasteiger partial charge in [0.2, 0.25) is 0 Å². The fraction of sp³-hybridized carbons (Fsp3) is 0.429. The molecule has 0 bridgehead atoms. The number of methoxy groups -OCH3 is 1. The molecule has 1 aromatic carbocycles. The molecule has 0 aromatic heterocycles. The highest BCUT2D eigenvalue weighted by Crippen LogP contribution is 2.28. The fourth-order valence-corrected chi connectivity index (χ4v) is 3.00. The largest absolute Gasteiger partial charge is 0.481 e. The SMILES string of the molecule is COC1CC(CC(=O)O)N(C(=O)c2ccc(Cl)cc2Cl)C1. The molecule has 0 aliphatic carbocycles. The Hall–Kier alpha value is -1.30. The standard InChI is InChI=1S/C14H15Cl2NO4/c1-21-10-5-9(6-13(18)19)17(7-10)14(20)11-3-2-8(15)4-12(11)16/h2-4,9-10H,5-7H2,1H3,(H,18,19). The molecule has 1 aromatic rings. The number of likely N-dealkylation sites (tertiary alicyclic amines) is 1. The molecule has 0 radical (unpaired) electrons. The van der Waals surface area contributed by atoms with Gasteiger partial charge in [0.1, 0.15) is 0 Å². The summed E-state index contributed by atoms with van der Waals surface area (Å²) >= 11 is 11.9. The van der Waals surface area contributed by atoms with Crippen LogP contribution in [0.2, 0.25) is 10.0 Å². The lowest BCUT2D eigenvalue weighted by atomic mass is 10.1. The number of carbonyl (C=O) groups is 2. The summed E-state index contributed by atoms with van der Waals surface area (Å²) in [5.41, 5.74) is 0.313. The molecule has 1 amide bonds. The molecule has 1 aliphatic rings. The highest BCUT2D eigenvalue weighted by molar-refractivity contribution is 6.36. The van der Waals surface area contributed by atoms with E-state index in [9.17, 15) is 9.59 Å². The third-order valence-electron chi connectivity index (χ3n) is 3.54. The Labute approximate surface area is 132 Å². The van der Waals surface area contributed by atoms with Crippen molar-refractivity contribution in [1.82, 2.24) is 4.90 Å². The minimum absolute atomic E-state index is 0.114. The van der Waals surface area contributed by atoms with E-state index in [4.69, 9.17) is 33.0 Å². The molecule has 1 N–H and O–H groups in total. The number of aliphatic carboxylic acids is 1. The van der Waals surface area contributed by atoms with Crippen molar-refractivity contribution in [2.24, 2.45) is 0 Å². The van der Waals surface area contributed by atoms with Crippen molar-refractivity contribution in [3.05, 3.63) is 33.8 Å². The molecule has 1 saturated heterocycles.